The highest BCUT2D eigenvalue weighted by atomic mass is 16.3. The fraction of sp³-hybridized carbons (Fsp3) is 0.900. The fourth-order valence-electron chi connectivity index (χ4n) is 1.89. The number of hydrogen-bond acceptors (Lipinski definition) is 3. The number of aliphatic hydroxyl groups excluding tert-OH is 1. The van der Waals surface area contributed by atoms with E-state index in [9.17, 15) is 9.90 Å². The molecule has 0 aliphatic heterocycles. The van der Waals surface area contributed by atoms with E-state index in [4.69, 9.17) is 5.73 Å². The van der Waals surface area contributed by atoms with Crippen molar-refractivity contribution in [1.29, 1.82) is 0 Å². The Hall–Kier alpha value is -0.610. The highest BCUT2D eigenvalue weighted by Crippen LogP contribution is 2.18. The van der Waals surface area contributed by atoms with Crippen molar-refractivity contribution in [3.05, 3.63) is 0 Å². The Labute approximate surface area is 84.9 Å². The third kappa shape index (κ3) is 4.07. The highest BCUT2D eigenvalue weighted by Gasteiger charge is 2.23. The number of unbranched alkanes of at least 4 members (excludes halogenated alkanes) is 1. The van der Waals surface area contributed by atoms with Gasteiger partial charge in [0.05, 0.1) is 6.10 Å². The van der Waals surface area contributed by atoms with Gasteiger partial charge in [-0.15, -0.1) is 0 Å². The summed E-state index contributed by atoms with van der Waals surface area (Å²) in [7, 11) is 0. The molecule has 1 rings (SSSR count). The van der Waals surface area contributed by atoms with E-state index >= 15 is 0 Å². The average molecular weight is 200 g/mol. The van der Waals surface area contributed by atoms with Crippen LogP contribution in [-0.2, 0) is 4.79 Å². The molecule has 4 heteroatoms. The quantitative estimate of drug-likeness (QED) is 0.534. The van der Waals surface area contributed by atoms with Crippen LogP contribution >= 0.6 is 0 Å². The predicted octanol–water partition coefficient (Wildman–Crippen LogP) is 0.145. The van der Waals surface area contributed by atoms with E-state index < -0.39 is 0 Å². The first-order chi connectivity index (χ1) is 6.70. The largest absolute Gasteiger partial charge is 0.392 e. The van der Waals surface area contributed by atoms with E-state index in [1.807, 2.05) is 0 Å². The minimum Gasteiger partial charge on any atom is -0.392 e. The zero-order valence-electron chi connectivity index (χ0n) is 8.54. The molecule has 2 atom stereocenters. The predicted molar refractivity (Wildman–Crippen MR) is 54.7 cm³/mol. The van der Waals surface area contributed by atoms with Crippen LogP contribution in [0.25, 0.3) is 0 Å². The number of hydrogen-bond donors (Lipinski definition) is 3. The third-order valence-corrected chi connectivity index (χ3v) is 2.74. The van der Waals surface area contributed by atoms with E-state index in [1.165, 1.54) is 0 Å². The Balaban J connectivity index is 1.95. The highest BCUT2D eigenvalue weighted by molar-refractivity contribution is 5.73. The molecule has 0 aromatic carbocycles. The fourth-order valence-corrected chi connectivity index (χ4v) is 1.89. The number of amides is 1. The topological polar surface area (TPSA) is 75.4 Å². The summed E-state index contributed by atoms with van der Waals surface area (Å²) in [4.78, 5) is 10.4. The molecule has 1 aliphatic rings. The summed E-state index contributed by atoms with van der Waals surface area (Å²) in [6.45, 7) is 0.870. The van der Waals surface area contributed by atoms with Crippen LogP contribution in [0.2, 0.25) is 0 Å². The van der Waals surface area contributed by atoms with Crippen molar-refractivity contribution in [3.8, 4) is 0 Å². The maximum absolute atomic E-state index is 10.4. The van der Waals surface area contributed by atoms with Crippen LogP contribution in [0.5, 0.6) is 0 Å². The van der Waals surface area contributed by atoms with Crippen LogP contribution in [0, 0.1) is 0 Å². The molecule has 82 valence electrons. The van der Waals surface area contributed by atoms with Crippen LogP contribution in [-0.4, -0.2) is 29.7 Å². The van der Waals surface area contributed by atoms with E-state index in [2.05, 4.69) is 5.32 Å². The molecule has 0 radical (unpaired) electrons. The SMILES string of the molecule is NC(=O)CCCCNC1CCCC1O. The number of rotatable bonds is 6. The van der Waals surface area contributed by atoms with Gasteiger partial charge in [0, 0.05) is 12.5 Å². The van der Waals surface area contributed by atoms with Gasteiger partial charge in [-0.25, -0.2) is 0 Å². The van der Waals surface area contributed by atoms with Crippen LogP contribution in [0.4, 0.5) is 0 Å². The van der Waals surface area contributed by atoms with E-state index in [-0.39, 0.29) is 18.1 Å². The minimum absolute atomic E-state index is 0.175. The minimum atomic E-state index is -0.231. The molecule has 1 fully saturated rings. The lowest BCUT2D eigenvalue weighted by Crippen LogP contribution is -2.36. The van der Waals surface area contributed by atoms with Crippen molar-refractivity contribution >= 4 is 5.91 Å². The summed E-state index contributed by atoms with van der Waals surface area (Å²) in [5.74, 6) is -0.231. The molecule has 14 heavy (non-hydrogen) atoms. The van der Waals surface area contributed by atoms with E-state index in [0.717, 1.165) is 38.6 Å². The standard InChI is InChI=1S/C10H20N2O2/c11-10(14)6-1-2-7-12-8-4-3-5-9(8)13/h8-9,12-13H,1-7H2,(H2,11,14). The zero-order valence-corrected chi connectivity index (χ0v) is 8.54. The van der Waals surface area contributed by atoms with Gasteiger partial charge < -0.3 is 16.2 Å². The van der Waals surface area contributed by atoms with Crippen molar-refractivity contribution in [3.63, 3.8) is 0 Å². The molecular formula is C10H20N2O2. The van der Waals surface area contributed by atoms with Crippen molar-refractivity contribution < 1.29 is 9.90 Å². The summed E-state index contributed by atoms with van der Waals surface area (Å²) in [6.07, 6.45) is 5.17. The lowest BCUT2D eigenvalue weighted by atomic mass is 10.2. The van der Waals surface area contributed by atoms with Crippen LogP contribution in [0.15, 0.2) is 0 Å². The van der Waals surface area contributed by atoms with Crippen LogP contribution in [0.1, 0.15) is 38.5 Å². The smallest absolute Gasteiger partial charge is 0.217 e. The summed E-state index contributed by atoms with van der Waals surface area (Å²) in [5, 5.41) is 12.8. The molecular weight excluding hydrogens is 180 g/mol. The number of aliphatic hydroxyl groups is 1. The maximum Gasteiger partial charge on any atom is 0.217 e. The van der Waals surface area contributed by atoms with E-state index in [0.29, 0.717) is 6.42 Å². The Morgan fingerprint density at radius 3 is 2.79 bits per heavy atom. The van der Waals surface area contributed by atoms with Crippen molar-refractivity contribution in [2.45, 2.75) is 50.7 Å². The van der Waals surface area contributed by atoms with Gasteiger partial charge in [0.25, 0.3) is 0 Å². The average Bonchev–Trinajstić information content (AvgIpc) is 2.51. The van der Waals surface area contributed by atoms with Crippen LogP contribution in [0.3, 0.4) is 0 Å². The molecule has 4 N–H and O–H groups in total. The summed E-state index contributed by atoms with van der Waals surface area (Å²) >= 11 is 0. The van der Waals surface area contributed by atoms with Crippen molar-refractivity contribution in [2.24, 2.45) is 5.73 Å². The molecule has 0 spiro atoms. The van der Waals surface area contributed by atoms with Crippen molar-refractivity contribution in [2.75, 3.05) is 6.54 Å². The molecule has 1 saturated carbocycles. The molecule has 0 heterocycles. The van der Waals surface area contributed by atoms with Gasteiger partial charge >= 0.3 is 0 Å². The lowest BCUT2D eigenvalue weighted by molar-refractivity contribution is -0.118. The van der Waals surface area contributed by atoms with Gasteiger partial charge in [0.2, 0.25) is 5.91 Å². The molecule has 0 saturated heterocycles. The number of carbonyl (C=O) groups is 1. The second kappa shape index (κ2) is 5.98. The molecule has 1 aliphatic carbocycles. The van der Waals surface area contributed by atoms with Gasteiger partial charge in [0.1, 0.15) is 0 Å². The molecule has 0 bridgehead atoms. The lowest BCUT2D eigenvalue weighted by Gasteiger charge is -2.15. The van der Waals surface area contributed by atoms with E-state index in [1.54, 1.807) is 0 Å². The van der Waals surface area contributed by atoms with Gasteiger partial charge in [-0.2, -0.15) is 0 Å². The first kappa shape index (κ1) is 11.5. The second-order valence-electron chi connectivity index (χ2n) is 3.98. The Kier molecular flexibility index (Phi) is 4.90. The summed E-state index contributed by atoms with van der Waals surface area (Å²) in [6, 6.07) is 0.267. The first-order valence-electron chi connectivity index (χ1n) is 5.40. The molecule has 2 unspecified atom stereocenters. The molecule has 4 nitrogen and oxygen atoms in total. The number of nitrogens with two attached hydrogens (primary N) is 1. The Morgan fingerprint density at radius 2 is 2.21 bits per heavy atom. The summed E-state index contributed by atoms with van der Waals surface area (Å²) < 4.78 is 0. The summed E-state index contributed by atoms with van der Waals surface area (Å²) in [5.41, 5.74) is 5.02. The van der Waals surface area contributed by atoms with Crippen molar-refractivity contribution in [1.82, 2.24) is 5.32 Å². The van der Waals surface area contributed by atoms with Crippen LogP contribution < -0.4 is 11.1 Å². The Morgan fingerprint density at radius 1 is 1.43 bits per heavy atom. The number of nitrogens with one attached hydrogen (secondary N) is 1. The van der Waals surface area contributed by atoms with Gasteiger partial charge in [-0.3, -0.25) is 4.79 Å². The monoisotopic (exact) mass is 200 g/mol. The Bertz CT molecular complexity index is 185. The third-order valence-electron chi connectivity index (χ3n) is 2.74. The second-order valence-corrected chi connectivity index (χ2v) is 3.98. The van der Waals surface area contributed by atoms with Gasteiger partial charge in [-0.05, 0) is 38.6 Å². The van der Waals surface area contributed by atoms with Gasteiger partial charge in [0.15, 0.2) is 0 Å². The first-order valence-corrected chi connectivity index (χ1v) is 5.40. The molecule has 0 aromatic rings. The number of primary amides is 1. The zero-order chi connectivity index (χ0) is 10.4. The molecule has 1 amide bonds. The number of carbonyl (C=O) groups excluding carboxylic acids is 1. The normalized spacial score (nSPS) is 26.6. The van der Waals surface area contributed by atoms with Gasteiger partial charge in [-0.1, -0.05) is 0 Å². The maximum atomic E-state index is 10.4. The molecule has 0 aromatic heterocycles.